The van der Waals surface area contributed by atoms with Crippen LogP contribution in [0, 0.1) is 5.82 Å². The maximum absolute atomic E-state index is 13.1. The van der Waals surface area contributed by atoms with Gasteiger partial charge in [-0.2, -0.15) is 0 Å². The highest BCUT2D eigenvalue weighted by Gasteiger charge is 2.09. The second-order valence-corrected chi connectivity index (χ2v) is 5.30. The number of hydrogen-bond donors (Lipinski definition) is 2. The number of halogens is 2. The predicted molar refractivity (Wildman–Crippen MR) is 85.1 cm³/mol. The van der Waals surface area contributed by atoms with Crippen molar-refractivity contribution < 1.29 is 9.18 Å². The molecule has 0 spiro atoms. The van der Waals surface area contributed by atoms with Gasteiger partial charge in [0, 0.05) is 12.2 Å². The lowest BCUT2D eigenvalue weighted by atomic mass is 10.2. The molecule has 0 aliphatic rings. The molecular formula is C15H15BrFN3O. The Bertz CT molecular complexity index is 631. The molecule has 0 saturated heterocycles. The number of carbonyl (C=O) groups excluding carboxylic acids is 1. The van der Waals surface area contributed by atoms with Crippen LogP contribution in [0.15, 0.2) is 41.0 Å². The third kappa shape index (κ3) is 4.26. The van der Waals surface area contributed by atoms with Crippen LogP contribution in [-0.4, -0.2) is 17.4 Å². The number of rotatable bonds is 5. The van der Waals surface area contributed by atoms with Gasteiger partial charge in [-0.1, -0.05) is 6.92 Å². The van der Waals surface area contributed by atoms with Crippen molar-refractivity contribution in [2.45, 2.75) is 13.3 Å². The average molecular weight is 352 g/mol. The largest absolute Gasteiger partial charge is 0.384 e. The molecule has 0 fully saturated rings. The van der Waals surface area contributed by atoms with E-state index < -0.39 is 0 Å². The van der Waals surface area contributed by atoms with Crippen LogP contribution in [0.1, 0.15) is 23.8 Å². The Kier molecular flexibility index (Phi) is 5.27. The molecule has 0 bridgehead atoms. The van der Waals surface area contributed by atoms with Gasteiger partial charge in [-0.25, -0.2) is 9.37 Å². The fourth-order valence-electron chi connectivity index (χ4n) is 1.67. The standard InChI is InChI=1S/C15H15BrFN3O/c1-2-7-18-11-4-6-14(19-9-11)15(21)20-10-3-5-13(17)12(16)8-10/h3-6,8-9,18H,2,7H2,1H3,(H,20,21). The number of carbonyl (C=O) groups is 1. The number of amides is 1. The lowest BCUT2D eigenvalue weighted by molar-refractivity contribution is 0.102. The fraction of sp³-hybridized carbons (Fsp3) is 0.200. The van der Waals surface area contributed by atoms with E-state index >= 15 is 0 Å². The predicted octanol–water partition coefficient (Wildman–Crippen LogP) is 4.06. The van der Waals surface area contributed by atoms with Crippen LogP contribution in [0.3, 0.4) is 0 Å². The van der Waals surface area contributed by atoms with Gasteiger partial charge in [-0.05, 0) is 52.7 Å². The topological polar surface area (TPSA) is 54.0 Å². The fourth-order valence-corrected chi connectivity index (χ4v) is 2.05. The number of hydrogen-bond acceptors (Lipinski definition) is 3. The first-order valence-corrected chi connectivity index (χ1v) is 7.35. The molecule has 4 nitrogen and oxygen atoms in total. The van der Waals surface area contributed by atoms with Crippen molar-refractivity contribution in [2.75, 3.05) is 17.2 Å². The molecule has 0 aliphatic heterocycles. The lowest BCUT2D eigenvalue weighted by Crippen LogP contribution is -2.14. The summed E-state index contributed by atoms with van der Waals surface area (Å²) in [5.41, 5.74) is 1.68. The number of nitrogens with one attached hydrogen (secondary N) is 2. The van der Waals surface area contributed by atoms with Crippen molar-refractivity contribution in [3.63, 3.8) is 0 Å². The van der Waals surface area contributed by atoms with Crippen LogP contribution in [-0.2, 0) is 0 Å². The van der Waals surface area contributed by atoms with Crippen molar-refractivity contribution in [3.05, 3.63) is 52.5 Å². The van der Waals surface area contributed by atoms with Crippen LogP contribution in [0.4, 0.5) is 15.8 Å². The summed E-state index contributed by atoms with van der Waals surface area (Å²) in [4.78, 5) is 16.1. The summed E-state index contributed by atoms with van der Waals surface area (Å²) < 4.78 is 13.4. The summed E-state index contributed by atoms with van der Waals surface area (Å²) in [6, 6.07) is 7.73. The second-order valence-electron chi connectivity index (χ2n) is 4.44. The molecule has 0 atom stereocenters. The first kappa shape index (κ1) is 15.4. The van der Waals surface area contributed by atoms with E-state index in [2.05, 4.69) is 38.5 Å². The molecule has 1 aromatic carbocycles. The number of anilines is 2. The molecule has 110 valence electrons. The van der Waals surface area contributed by atoms with E-state index in [1.165, 1.54) is 18.2 Å². The molecule has 0 radical (unpaired) electrons. The van der Waals surface area contributed by atoms with Crippen LogP contribution in [0.5, 0.6) is 0 Å². The zero-order valence-electron chi connectivity index (χ0n) is 11.5. The molecule has 2 aromatic rings. The van der Waals surface area contributed by atoms with Crippen LogP contribution >= 0.6 is 15.9 Å². The minimum Gasteiger partial charge on any atom is -0.384 e. The van der Waals surface area contributed by atoms with Gasteiger partial charge in [-0.3, -0.25) is 4.79 Å². The van der Waals surface area contributed by atoms with Gasteiger partial charge < -0.3 is 10.6 Å². The van der Waals surface area contributed by atoms with Crippen molar-refractivity contribution in [1.82, 2.24) is 4.98 Å². The molecule has 0 unspecified atom stereocenters. The smallest absolute Gasteiger partial charge is 0.274 e. The molecule has 2 rings (SSSR count). The highest BCUT2D eigenvalue weighted by Crippen LogP contribution is 2.20. The maximum atomic E-state index is 13.1. The Balaban J connectivity index is 2.04. The zero-order chi connectivity index (χ0) is 15.2. The van der Waals surface area contributed by atoms with E-state index in [0.717, 1.165) is 18.7 Å². The van der Waals surface area contributed by atoms with E-state index in [1.807, 2.05) is 0 Å². The van der Waals surface area contributed by atoms with Gasteiger partial charge in [0.2, 0.25) is 0 Å². The van der Waals surface area contributed by atoms with Crippen LogP contribution in [0.2, 0.25) is 0 Å². The molecule has 6 heteroatoms. The van der Waals surface area contributed by atoms with E-state index in [4.69, 9.17) is 0 Å². The van der Waals surface area contributed by atoms with Gasteiger partial charge >= 0.3 is 0 Å². The molecule has 0 saturated carbocycles. The number of nitrogens with zero attached hydrogens (tertiary/aromatic N) is 1. The Labute approximate surface area is 130 Å². The van der Waals surface area contributed by atoms with Gasteiger partial charge in [0.1, 0.15) is 11.5 Å². The summed E-state index contributed by atoms with van der Waals surface area (Å²) in [6.07, 6.45) is 2.63. The van der Waals surface area contributed by atoms with Gasteiger partial charge in [0.15, 0.2) is 0 Å². The SMILES string of the molecule is CCCNc1ccc(C(=O)Nc2ccc(F)c(Br)c2)nc1. The van der Waals surface area contributed by atoms with Crippen molar-refractivity contribution in [3.8, 4) is 0 Å². The van der Waals surface area contributed by atoms with E-state index in [-0.39, 0.29) is 11.7 Å². The Hall–Kier alpha value is -1.95. The summed E-state index contributed by atoms with van der Waals surface area (Å²) in [5, 5.41) is 5.85. The molecule has 2 N–H and O–H groups in total. The van der Waals surface area contributed by atoms with Gasteiger partial charge in [0.05, 0.1) is 16.4 Å². The molecule has 1 aromatic heterocycles. The minimum absolute atomic E-state index is 0.298. The third-order valence-electron chi connectivity index (χ3n) is 2.75. The van der Waals surface area contributed by atoms with Gasteiger partial charge in [-0.15, -0.1) is 0 Å². The lowest BCUT2D eigenvalue weighted by Gasteiger charge is -2.07. The van der Waals surface area contributed by atoms with Crippen molar-refractivity contribution in [1.29, 1.82) is 0 Å². The summed E-state index contributed by atoms with van der Waals surface area (Å²) in [7, 11) is 0. The quantitative estimate of drug-likeness (QED) is 0.853. The second kappa shape index (κ2) is 7.17. The van der Waals surface area contributed by atoms with Crippen LogP contribution < -0.4 is 10.6 Å². The first-order chi connectivity index (χ1) is 10.1. The van der Waals surface area contributed by atoms with E-state index in [9.17, 15) is 9.18 Å². The van der Waals surface area contributed by atoms with E-state index in [1.54, 1.807) is 18.3 Å². The Morgan fingerprint density at radius 3 is 2.67 bits per heavy atom. The molecule has 0 aliphatic carbocycles. The highest BCUT2D eigenvalue weighted by atomic mass is 79.9. The minimum atomic E-state index is -0.377. The maximum Gasteiger partial charge on any atom is 0.274 e. The number of pyridine rings is 1. The average Bonchev–Trinajstić information content (AvgIpc) is 2.49. The monoisotopic (exact) mass is 351 g/mol. The van der Waals surface area contributed by atoms with Crippen molar-refractivity contribution >= 4 is 33.2 Å². The Morgan fingerprint density at radius 1 is 1.29 bits per heavy atom. The van der Waals surface area contributed by atoms with Gasteiger partial charge in [0.25, 0.3) is 5.91 Å². The van der Waals surface area contributed by atoms with Crippen LogP contribution in [0.25, 0.3) is 0 Å². The summed E-state index contributed by atoms with van der Waals surface area (Å²) in [6.45, 7) is 2.93. The molecular weight excluding hydrogens is 337 g/mol. The third-order valence-corrected chi connectivity index (χ3v) is 3.36. The molecule has 21 heavy (non-hydrogen) atoms. The molecule has 1 heterocycles. The summed E-state index contributed by atoms with van der Waals surface area (Å²) >= 11 is 3.08. The zero-order valence-corrected chi connectivity index (χ0v) is 13.1. The van der Waals surface area contributed by atoms with E-state index in [0.29, 0.717) is 15.9 Å². The number of benzene rings is 1. The summed E-state index contributed by atoms with van der Waals surface area (Å²) in [5.74, 6) is -0.715. The first-order valence-electron chi connectivity index (χ1n) is 6.56. The Morgan fingerprint density at radius 2 is 2.05 bits per heavy atom. The van der Waals surface area contributed by atoms with Crippen molar-refractivity contribution in [2.24, 2.45) is 0 Å². The highest BCUT2D eigenvalue weighted by molar-refractivity contribution is 9.10. The normalized spacial score (nSPS) is 10.2. The number of aromatic nitrogens is 1. The molecule has 1 amide bonds.